The largest absolute Gasteiger partial charge is 0.416 e. The van der Waals surface area contributed by atoms with Gasteiger partial charge in [-0.1, -0.05) is 0 Å². The average Bonchev–Trinajstić information content (AvgIpc) is 2.53. The van der Waals surface area contributed by atoms with E-state index in [1.807, 2.05) is 0 Å². The first-order valence-corrected chi connectivity index (χ1v) is 7.14. The van der Waals surface area contributed by atoms with E-state index in [1.54, 1.807) is 0 Å². The Labute approximate surface area is 105 Å². The maximum atomic E-state index is 12.0. The summed E-state index contributed by atoms with van der Waals surface area (Å²) in [5.41, 5.74) is 5.32. The molecule has 1 heterocycles. The summed E-state index contributed by atoms with van der Waals surface area (Å²) in [6, 6.07) is 0. The SMILES string of the molecule is CS(=O)(=O)c1c(N)nsc1NCC(O)C(F)(F)F. The second-order valence-electron chi connectivity index (χ2n) is 3.44. The van der Waals surface area contributed by atoms with Gasteiger partial charge in [0, 0.05) is 6.26 Å². The smallest absolute Gasteiger partial charge is 0.382 e. The Balaban J connectivity index is 2.88. The zero-order chi connectivity index (χ0) is 14.1. The van der Waals surface area contributed by atoms with E-state index < -0.39 is 28.7 Å². The fraction of sp³-hybridized carbons (Fsp3) is 0.571. The minimum Gasteiger partial charge on any atom is -0.382 e. The van der Waals surface area contributed by atoms with Gasteiger partial charge in [0.1, 0.15) is 9.90 Å². The molecule has 11 heteroatoms. The zero-order valence-corrected chi connectivity index (χ0v) is 10.7. The Hall–Kier alpha value is -1.07. The van der Waals surface area contributed by atoms with Crippen LogP contribution in [0.25, 0.3) is 0 Å². The van der Waals surface area contributed by atoms with Crippen LogP contribution in [0, 0.1) is 0 Å². The Bertz CT molecular complexity index is 526. The molecule has 1 unspecified atom stereocenters. The number of halogens is 3. The molecular weight excluding hydrogens is 295 g/mol. The lowest BCUT2D eigenvalue weighted by Crippen LogP contribution is -2.35. The summed E-state index contributed by atoms with van der Waals surface area (Å²) in [6.45, 7) is -0.881. The molecule has 0 aromatic carbocycles. The number of sulfone groups is 1. The topological polar surface area (TPSA) is 105 Å². The van der Waals surface area contributed by atoms with Crippen LogP contribution in [0.15, 0.2) is 4.90 Å². The molecule has 0 aliphatic carbocycles. The van der Waals surface area contributed by atoms with E-state index in [-0.39, 0.29) is 15.7 Å². The van der Waals surface area contributed by atoms with E-state index in [1.165, 1.54) is 0 Å². The summed E-state index contributed by atoms with van der Waals surface area (Å²) in [6.07, 6.45) is -6.53. The standard InChI is InChI=1S/C7H10F3N3O3S2/c1-18(15,16)4-5(11)13-17-6(4)12-2-3(14)7(8,9)10/h3,12,14H,2H2,1H3,(H2,11,13). The maximum absolute atomic E-state index is 12.0. The number of nitrogens with two attached hydrogens (primary N) is 1. The number of hydrogen-bond donors (Lipinski definition) is 3. The third-order valence-corrected chi connectivity index (χ3v) is 3.98. The highest BCUT2D eigenvalue weighted by Crippen LogP contribution is 2.31. The molecule has 104 valence electrons. The van der Waals surface area contributed by atoms with Crippen LogP contribution in [-0.2, 0) is 9.84 Å². The summed E-state index contributed by atoms with van der Waals surface area (Å²) in [4.78, 5) is -0.359. The highest BCUT2D eigenvalue weighted by molar-refractivity contribution is 7.91. The molecule has 0 saturated carbocycles. The number of aliphatic hydroxyl groups excluding tert-OH is 1. The lowest BCUT2D eigenvalue weighted by Gasteiger charge is -2.15. The van der Waals surface area contributed by atoms with Crippen molar-refractivity contribution >= 4 is 32.2 Å². The molecular formula is C7H10F3N3O3S2. The van der Waals surface area contributed by atoms with Gasteiger partial charge in [-0.05, 0) is 11.5 Å². The van der Waals surface area contributed by atoms with Gasteiger partial charge in [0.25, 0.3) is 0 Å². The zero-order valence-electron chi connectivity index (χ0n) is 9.02. The minimum absolute atomic E-state index is 0.127. The summed E-state index contributed by atoms with van der Waals surface area (Å²) < 4.78 is 62.4. The van der Waals surface area contributed by atoms with Gasteiger partial charge in [-0.2, -0.15) is 17.5 Å². The third kappa shape index (κ3) is 3.46. The highest BCUT2D eigenvalue weighted by atomic mass is 32.2. The van der Waals surface area contributed by atoms with Gasteiger partial charge in [-0.15, -0.1) is 0 Å². The van der Waals surface area contributed by atoms with Crippen molar-refractivity contribution in [3.63, 3.8) is 0 Å². The summed E-state index contributed by atoms with van der Waals surface area (Å²) in [7, 11) is -3.71. The Morgan fingerprint density at radius 2 is 2.11 bits per heavy atom. The molecule has 0 fully saturated rings. The Morgan fingerprint density at radius 1 is 1.56 bits per heavy atom. The molecule has 1 rings (SSSR count). The van der Waals surface area contributed by atoms with Crippen molar-refractivity contribution in [2.45, 2.75) is 17.2 Å². The summed E-state index contributed by atoms with van der Waals surface area (Å²) in [5, 5.41) is 10.8. The average molecular weight is 305 g/mol. The second-order valence-corrected chi connectivity index (χ2v) is 6.16. The van der Waals surface area contributed by atoms with E-state index in [9.17, 15) is 21.6 Å². The van der Waals surface area contributed by atoms with Crippen LogP contribution in [-0.4, -0.2) is 43.0 Å². The number of nitrogens with one attached hydrogen (secondary N) is 1. The first kappa shape index (κ1) is 15.0. The van der Waals surface area contributed by atoms with Crippen LogP contribution >= 0.6 is 11.5 Å². The molecule has 1 atom stereocenters. The number of aliphatic hydroxyl groups is 1. The third-order valence-electron chi connectivity index (χ3n) is 1.88. The first-order chi connectivity index (χ1) is 8.03. The fourth-order valence-electron chi connectivity index (χ4n) is 1.07. The quantitative estimate of drug-likeness (QED) is 0.746. The van der Waals surface area contributed by atoms with E-state index >= 15 is 0 Å². The lowest BCUT2D eigenvalue weighted by molar-refractivity contribution is -0.198. The van der Waals surface area contributed by atoms with Crippen LogP contribution in [0.4, 0.5) is 24.0 Å². The van der Waals surface area contributed by atoms with E-state index in [2.05, 4.69) is 9.69 Å². The van der Waals surface area contributed by atoms with E-state index in [0.717, 1.165) is 6.26 Å². The number of nitrogen functional groups attached to an aromatic ring is 1. The van der Waals surface area contributed by atoms with Crippen LogP contribution in [0.3, 0.4) is 0 Å². The lowest BCUT2D eigenvalue weighted by atomic mass is 10.3. The minimum atomic E-state index is -4.78. The molecule has 1 aromatic heterocycles. The van der Waals surface area contributed by atoms with E-state index in [4.69, 9.17) is 10.8 Å². The predicted molar refractivity (Wildman–Crippen MR) is 60.2 cm³/mol. The van der Waals surface area contributed by atoms with Crippen molar-refractivity contribution in [1.82, 2.24) is 4.37 Å². The van der Waals surface area contributed by atoms with Gasteiger partial charge in [-0.3, -0.25) is 0 Å². The van der Waals surface area contributed by atoms with Crippen molar-refractivity contribution in [1.29, 1.82) is 0 Å². The first-order valence-electron chi connectivity index (χ1n) is 4.47. The van der Waals surface area contributed by atoms with Crippen molar-refractivity contribution in [3.8, 4) is 0 Å². The van der Waals surface area contributed by atoms with Gasteiger partial charge in [0.05, 0.1) is 6.54 Å². The molecule has 6 nitrogen and oxygen atoms in total. The molecule has 0 aliphatic rings. The molecule has 0 radical (unpaired) electrons. The number of rotatable bonds is 4. The van der Waals surface area contributed by atoms with E-state index in [0.29, 0.717) is 11.5 Å². The number of nitrogens with zero attached hydrogens (tertiary/aromatic N) is 1. The molecule has 0 bridgehead atoms. The number of alkyl halides is 3. The molecule has 0 amide bonds. The maximum Gasteiger partial charge on any atom is 0.416 e. The van der Waals surface area contributed by atoms with Gasteiger partial charge in [0.2, 0.25) is 0 Å². The van der Waals surface area contributed by atoms with Crippen LogP contribution in [0.1, 0.15) is 0 Å². The van der Waals surface area contributed by atoms with Gasteiger partial charge in [-0.25, -0.2) is 8.42 Å². The second kappa shape index (κ2) is 4.90. The van der Waals surface area contributed by atoms with Gasteiger partial charge < -0.3 is 16.2 Å². The molecule has 1 aromatic rings. The number of aromatic nitrogens is 1. The van der Waals surface area contributed by atoms with Crippen molar-refractivity contribution in [3.05, 3.63) is 0 Å². The molecule has 0 saturated heterocycles. The normalized spacial score (nSPS) is 14.5. The van der Waals surface area contributed by atoms with Crippen LogP contribution in [0.5, 0.6) is 0 Å². The summed E-state index contributed by atoms with van der Waals surface area (Å²) >= 11 is 0.612. The Morgan fingerprint density at radius 3 is 2.56 bits per heavy atom. The number of hydrogen-bond acceptors (Lipinski definition) is 7. The van der Waals surface area contributed by atoms with Crippen LogP contribution < -0.4 is 11.1 Å². The van der Waals surface area contributed by atoms with Gasteiger partial charge in [0.15, 0.2) is 21.8 Å². The fourth-order valence-corrected chi connectivity index (χ4v) is 3.14. The van der Waals surface area contributed by atoms with Crippen LogP contribution in [0.2, 0.25) is 0 Å². The summed E-state index contributed by atoms with van der Waals surface area (Å²) in [5.74, 6) is -0.286. The molecule has 0 spiro atoms. The van der Waals surface area contributed by atoms with Crippen molar-refractivity contribution in [2.24, 2.45) is 0 Å². The van der Waals surface area contributed by atoms with Crippen molar-refractivity contribution in [2.75, 3.05) is 23.9 Å². The monoisotopic (exact) mass is 305 g/mol. The molecule has 0 aliphatic heterocycles. The Kier molecular flexibility index (Phi) is 4.08. The highest BCUT2D eigenvalue weighted by Gasteiger charge is 2.38. The number of anilines is 2. The van der Waals surface area contributed by atoms with Gasteiger partial charge >= 0.3 is 6.18 Å². The predicted octanol–water partition coefficient (Wildman–Crippen LogP) is 0.464. The van der Waals surface area contributed by atoms with Crippen molar-refractivity contribution < 1.29 is 26.7 Å². The molecule has 4 N–H and O–H groups in total. The molecule has 18 heavy (non-hydrogen) atoms.